The highest BCUT2D eigenvalue weighted by molar-refractivity contribution is 6.02. The number of halogens is 4. The summed E-state index contributed by atoms with van der Waals surface area (Å²) in [6.07, 6.45) is 0.526. The maximum atomic E-state index is 14.9. The van der Waals surface area contributed by atoms with Crippen LogP contribution in [0.2, 0.25) is 0 Å². The SMILES string of the molecule is NC=C(C#CC1CN(c2ccc(NC3CCC(=O)NC3=O)cc2F)C1)C=NC1(C(=O)Nc2ccc(C(F)(F)F)cc2)CCC1. The number of alkyl halides is 3. The number of nitrogens with zero attached hydrogens (tertiary/aromatic N) is 2. The van der Waals surface area contributed by atoms with Crippen LogP contribution in [0.15, 0.2) is 59.2 Å². The number of allylic oxidation sites excluding steroid dienone is 1. The molecule has 1 saturated carbocycles. The molecule has 1 aliphatic carbocycles. The van der Waals surface area contributed by atoms with Gasteiger partial charge < -0.3 is 21.3 Å². The molecule has 5 N–H and O–H groups in total. The van der Waals surface area contributed by atoms with E-state index < -0.39 is 41.0 Å². The van der Waals surface area contributed by atoms with Crippen LogP contribution in [0.5, 0.6) is 0 Å². The van der Waals surface area contributed by atoms with Crippen LogP contribution < -0.4 is 26.6 Å². The van der Waals surface area contributed by atoms with Crippen LogP contribution in [0, 0.1) is 23.6 Å². The summed E-state index contributed by atoms with van der Waals surface area (Å²) in [5.74, 6) is 4.36. The number of nitrogens with two attached hydrogens (primary N) is 1. The second-order valence-corrected chi connectivity index (χ2v) is 11.0. The average Bonchev–Trinajstić information content (AvgIpc) is 2.92. The molecule has 2 aromatic rings. The fraction of sp³-hybridized carbons (Fsp3) is 0.355. The topological polar surface area (TPSA) is 129 Å². The Morgan fingerprint density at radius 3 is 2.41 bits per heavy atom. The highest BCUT2D eigenvalue weighted by Crippen LogP contribution is 2.37. The lowest BCUT2D eigenvalue weighted by atomic mass is 9.76. The van der Waals surface area contributed by atoms with Gasteiger partial charge in [-0.05, 0) is 68.1 Å². The number of carbonyl (C=O) groups excluding carboxylic acids is 3. The number of piperidine rings is 1. The van der Waals surface area contributed by atoms with Gasteiger partial charge in [0.2, 0.25) is 11.8 Å². The minimum atomic E-state index is -4.47. The minimum absolute atomic E-state index is 0.0559. The predicted molar refractivity (Wildman–Crippen MR) is 157 cm³/mol. The number of hydrogen-bond donors (Lipinski definition) is 4. The number of nitrogens with one attached hydrogen (secondary N) is 3. The van der Waals surface area contributed by atoms with Gasteiger partial charge in [0, 0.05) is 43.3 Å². The van der Waals surface area contributed by atoms with Crippen LogP contribution in [-0.2, 0) is 20.6 Å². The predicted octanol–water partition coefficient (Wildman–Crippen LogP) is 3.98. The van der Waals surface area contributed by atoms with Crippen LogP contribution in [0.1, 0.15) is 37.7 Å². The zero-order valence-corrected chi connectivity index (χ0v) is 23.5. The summed E-state index contributed by atoms with van der Waals surface area (Å²) in [6.45, 7) is 0.969. The van der Waals surface area contributed by atoms with Gasteiger partial charge in [0.25, 0.3) is 5.91 Å². The van der Waals surface area contributed by atoms with E-state index in [1.807, 2.05) is 4.90 Å². The van der Waals surface area contributed by atoms with E-state index in [1.165, 1.54) is 30.6 Å². The van der Waals surface area contributed by atoms with Gasteiger partial charge in [-0.15, -0.1) is 0 Å². The first-order chi connectivity index (χ1) is 21.0. The van der Waals surface area contributed by atoms with Gasteiger partial charge >= 0.3 is 6.18 Å². The standard InChI is InChI=1S/C31H30F4N6O3/c32-24-14-23(38-25-9-11-27(42)40-28(25)43)8-10-26(24)41-17-20(18-41)3-2-19(15-36)16-37-30(12-1-13-30)29(44)39-22-6-4-21(5-7-22)31(33,34)35/h4-8,10,14-16,20,25,38H,1,9,11-13,17-18,36H2,(H,39,44)(H,40,42,43). The Balaban J connectivity index is 1.14. The molecule has 1 atom stereocenters. The van der Waals surface area contributed by atoms with Crippen molar-refractivity contribution in [1.82, 2.24) is 5.32 Å². The van der Waals surface area contributed by atoms with Crippen LogP contribution in [-0.4, -0.2) is 48.6 Å². The molecule has 0 aromatic heterocycles. The molecule has 1 unspecified atom stereocenters. The number of imide groups is 1. The molecule has 3 fully saturated rings. The van der Waals surface area contributed by atoms with E-state index in [4.69, 9.17) is 5.73 Å². The second kappa shape index (κ2) is 12.4. The quantitative estimate of drug-likeness (QED) is 0.163. The summed E-state index contributed by atoms with van der Waals surface area (Å²) >= 11 is 0. The minimum Gasteiger partial charge on any atom is -0.404 e. The fourth-order valence-electron chi connectivity index (χ4n) is 5.06. The Kier molecular flexibility index (Phi) is 8.62. The van der Waals surface area contributed by atoms with Crippen molar-refractivity contribution in [2.45, 2.75) is 49.9 Å². The van der Waals surface area contributed by atoms with Gasteiger partial charge in [0.05, 0.1) is 22.7 Å². The van der Waals surface area contributed by atoms with Crippen molar-refractivity contribution < 1.29 is 31.9 Å². The Bertz CT molecular complexity index is 1570. The largest absolute Gasteiger partial charge is 0.416 e. The molecule has 44 heavy (non-hydrogen) atoms. The number of carbonyl (C=O) groups is 3. The molecule has 2 heterocycles. The van der Waals surface area contributed by atoms with Crippen molar-refractivity contribution in [2.24, 2.45) is 16.6 Å². The summed E-state index contributed by atoms with van der Waals surface area (Å²) in [4.78, 5) is 42.5. The lowest BCUT2D eigenvalue weighted by molar-refractivity contribution is -0.137. The number of amides is 3. The smallest absolute Gasteiger partial charge is 0.404 e. The summed E-state index contributed by atoms with van der Waals surface area (Å²) in [6, 6.07) is 8.22. The van der Waals surface area contributed by atoms with Gasteiger partial charge in [-0.2, -0.15) is 13.2 Å². The van der Waals surface area contributed by atoms with E-state index in [2.05, 4.69) is 32.8 Å². The molecule has 9 nitrogen and oxygen atoms in total. The summed E-state index contributed by atoms with van der Waals surface area (Å²) in [7, 11) is 0. The molecule has 13 heteroatoms. The zero-order valence-electron chi connectivity index (χ0n) is 23.5. The first-order valence-electron chi connectivity index (χ1n) is 14.1. The molecular formula is C31H30F4N6O3. The molecule has 0 spiro atoms. The Hall–Kier alpha value is -4.86. The van der Waals surface area contributed by atoms with Crippen LogP contribution >= 0.6 is 0 Å². The van der Waals surface area contributed by atoms with Crippen molar-refractivity contribution in [3.8, 4) is 11.8 Å². The van der Waals surface area contributed by atoms with E-state index in [1.54, 1.807) is 12.1 Å². The maximum absolute atomic E-state index is 14.9. The van der Waals surface area contributed by atoms with Gasteiger partial charge in [0.15, 0.2) is 0 Å². The second-order valence-electron chi connectivity index (χ2n) is 11.0. The van der Waals surface area contributed by atoms with E-state index in [9.17, 15) is 31.9 Å². The third-order valence-corrected chi connectivity index (χ3v) is 7.87. The number of hydrogen-bond acceptors (Lipinski definition) is 7. The molecule has 5 rings (SSSR count). The molecule has 2 saturated heterocycles. The molecule has 0 radical (unpaired) electrons. The number of aliphatic imine (C=N–C) groups is 1. The van der Waals surface area contributed by atoms with Crippen LogP contribution in [0.25, 0.3) is 0 Å². The number of benzene rings is 2. The van der Waals surface area contributed by atoms with Gasteiger partial charge in [-0.3, -0.25) is 24.7 Å². The fourth-order valence-corrected chi connectivity index (χ4v) is 5.06. The normalized spacial score (nSPS) is 20.2. The van der Waals surface area contributed by atoms with E-state index in [-0.39, 0.29) is 23.9 Å². The van der Waals surface area contributed by atoms with Gasteiger partial charge in [-0.1, -0.05) is 11.8 Å². The summed E-state index contributed by atoms with van der Waals surface area (Å²) in [5.41, 5.74) is 5.35. The van der Waals surface area contributed by atoms with Crippen LogP contribution in [0.4, 0.5) is 34.6 Å². The van der Waals surface area contributed by atoms with Gasteiger partial charge in [-0.25, -0.2) is 4.39 Å². The third kappa shape index (κ3) is 6.85. The maximum Gasteiger partial charge on any atom is 0.416 e. The van der Waals surface area contributed by atoms with Crippen molar-refractivity contribution in [3.63, 3.8) is 0 Å². The zero-order chi connectivity index (χ0) is 31.5. The van der Waals surface area contributed by atoms with Crippen LogP contribution in [0.3, 0.4) is 0 Å². The van der Waals surface area contributed by atoms with Crippen molar-refractivity contribution in [2.75, 3.05) is 28.6 Å². The molecule has 3 aliphatic rings. The molecule has 2 aliphatic heterocycles. The number of rotatable bonds is 7. The van der Waals surface area contributed by atoms with Crippen molar-refractivity contribution in [1.29, 1.82) is 0 Å². The molecule has 3 amide bonds. The average molecular weight is 611 g/mol. The highest BCUT2D eigenvalue weighted by Gasteiger charge is 2.44. The third-order valence-electron chi connectivity index (χ3n) is 7.87. The molecule has 230 valence electrons. The lowest BCUT2D eigenvalue weighted by Gasteiger charge is -2.38. The summed E-state index contributed by atoms with van der Waals surface area (Å²) < 4.78 is 53.3. The first kappa shape index (κ1) is 30.6. The van der Waals surface area contributed by atoms with Gasteiger partial charge in [0.1, 0.15) is 17.4 Å². The Morgan fingerprint density at radius 2 is 1.82 bits per heavy atom. The van der Waals surface area contributed by atoms with Crippen molar-refractivity contribution >= 4 is 41.0 Å². The first-order valence-corrected chi connectivity index (χ1v) is 14.1. The monoisotopic (exact) mass is 610 g/mol. The molecule has 2 aromatic carbocycles. The lowest BCUT2D eigenvalue weighted by Crippen LogP contribution is -2.47. The van der Waals surface area contributed by atoms with E-state index in [0.717, 1.165) is 18.6 Å². The Morgan fingerprint density at radius 1 is 1.11 bits per heavy atom. The van der Waals surface area contributed by atoms with Crippen molar-refractivity contribution in [3.05, 3.63) is 65.6 Å². The molecular weight excluding hydrogens is 580 g/mol. The van der Waals surface area contributed by atoms with E-state index >= 15 is 0 Å². The number of anilines is 3. The van der Waals surface area contributed by atoms with E-state index in [0.29, 0.717) is 49.3 Å². The molecule has 0 bridgehead atoms. The highest BCUT2D eigenvalue weighted by atomic mass is 19.4. The summed E-state index contributed by atoms with van der Waals surface area (Å²) in [5, 5.41) is 7.87. The Labute approximate surface area is 251 Å².